The number of hydrazine groups is 1. The first-order chi connectivity index (χ1) is 7.54. The Kier molecular flexibility index (Phi) is 3.88. The fraction of sp³-hybridized carbons (Fsp3) is 0.273. The van der Waals surface area contributed by atoms with E-state index in [1.165, 1.54) is 5.01 Å². The average molecular weight is 222 g/mol. The Labute approximate surface area is 93.9 Å². The standard InChI is InChI=1S/C11H14N2O3/c1-9-3-5-10(6-4-9)12(2)13(8-14)7-11(15)16/h3-6,8H,7H2,1-2H3,(H,15,16). The molecule has 0 saturated carbocycles. The van der Waals surface area contributed by atoms with Crippen LogP contribution in [-0.2, 0) is 9.59 Å². The van der Waals surface area contributed by atoms with Gasteiger partial charge in [0.25, 0.3) is 0 Å². The summed E-state index contributed by atoms with van der Waals surface area (Å²) < 4.78 is 0. The highest BCUT2D eigenvalue weighted by molar-refractivity contribution is 5.73. The van der Waals surface area contributed by atoms with Crippen molar-refractivity contribution in [2.75, 3.05) is 18.6 Å². The van der Waals surface area contributed by atoms with E-state index in [0.717, 1.165) is 16.3 Å². The van der Waals surface area contributed by atoms with E-state index in [1.807, 2.05) is 31.2 Å². The van der Waals surface area contributed by atoms with E-state index in [1.54, 1.807) is 7.05 Å². The number of carboxylic acids is 1. The third-order valence-corrected chi connectivity index (χ3v) is 2.21. The maximum absolute atomic E-state index is 10.7. The van der Waals surface area contributed by atoms with Gasteiger partial charge in [0.15, 0.2) is 0 Å². The molecule has 1 rings (SSSR count). The lowest BCUT2D eigenvalue weighted by atomic mass is 10.2. The highest BCUT2D eigenvalue weighted by Gasteiger charge is 2.12. The number of nitrogens with zero attached hydrogens (tertiary/aromatic N) is 2. The van der Waals surface area contributed by atoms with Crippen molar-refractivity contribution < 1.29 is 14.7 Å². The quantitative estimate of drug-likeness (QED) is 0.593. The van der Waals surface area contributed by atoms with Crippen molar-refractivity contribution in [3.63, 3.8) is 0 Å². The summed E-state index contributed by atoms with van der Waals surface area (Å²) in [6, 6.07) is 7.45. The Morgan fingerprint density at radius 3 is 2.38 bits per heavy atom. The molecule has 1 aromatic carbocycles. The van der Waals surface area contributed by atoms with Crippen molar-refractivity contribution in [1.82, 2.24) is 5.01 Å². The van der Waals surface area contributed by atoms with E-state index >= 15 is 0 Å². The van der Waals surface area contributed by atoms with Gasteiger partial charge in [-0.2, -0.15) is 0 Å². The zero-order chi connectivity index (χ0) is 12.1. The Morgan fingerprint density at radius 1 is 1.38 bits per heavy atom. The molecule has 16 heavy (non-hydrogen) atoms. The van der Waals surface area contributed by atoms with Gasteiger partial charge in [0.2, 0.25) is 6.41 Å². The number of amides is 1. The van der Waals surface area contributed by atoms with Crippen LogP contribution in [0.1, 0.15) is 5.56 Å². The molecule has 0 saturated heterocycles. The molecule has 1 amide bonds. The summed E-state index contributed by atoms with van der Waals surface area (Å²) in [6.07, 6.45) is 0.494. The van der Waals surface area contributed by atoms with Crippen molar-refractivity contribution in [2.24, 2.45) is 0 Å². The molecule has 1 N–H and O–H groups in total. The van der Waals surface area contributed by atoms with Crippen LogP contribution in [0.4, 0.5) is 5.69 Å². The molecule has 0 atom stereocenters. The zero-order valence-corrected chi connectivity index (χ0v) is 9.25. The fourth-order valence-corrected chi connectivity index (χ4v) is 1.26. The van der Waals surface area contributed by atoms with Gasteiger partial charge in [0, 0.05) is 7.05 Å². The van der Waals surface area contributed by atoms with E-state index in [0.29, 0.717) is 6.41 Å². The predicted octanol–water partition coefficient (Wildman–Crippen LogP) is 0.889. The number of aliphatic carboxylic acids is 1. The van der Waals surface area contributed by atoms with Crippen molar-refractivity contribution in [2.45, 2.75) is 6.92 Å². The summed E-state index contributed by atoms with van der Waals surface area (Å²) in [7, 11) is 1.64. The molecular formula is C11H14N2O3. The van der Waals surface area contributed by atoms with Gasteiger partial charge < -0.3 is 5.11 Å². The molecule has 0 aliphatic carbocycles. The molecule has 0 spiro atoms. The molecule has 0 radical (unpaired) electrons. The van der Waals surface area contributed by atoms with Crippen LogP contribution in [0.3, 0.4) is 0 Å². The average Bonchev–Trinajstić information content (AvgIpc) is 2.25. The summed E-state index contributed by atoms with van der Waals surface area (Å²) >= 11 is 0. The van der Waals surface area contributed by atoms with Crippen LogP contribution in [0.5, 0.6) is 0 Å². The Morgan fingerprint density at radius 2 is 1.94 bits per heavy atom. The van der Waals surface area contributed by atoms with Gasteiger partial charge in [-0.1, -0.05) is 17.7 Å². The fourth-order valence-electron chi connectivity index (χ4n) is 1.26. The number of anilines is 1. The molecular weight excluding hydrogens is 208 g/mol. The van der Waals surface area contributed by atoms with Gasteiger partial charge in [-0.25, -0.2) is 5.01 Å². The molecule has 0 fully saturated rings. The number of carboxylic acid groups (broad SMARTS) is 1. The second kappa shape index (κ2) is 5.16. The number of aryl methyl sites for hydroxylation is 1. The molecule has 0 aliphatic rings. The van der Waals surface area contributed by atoms with Gasteiger partial charge >= 0.3 is 5.97 Å². The van der Waals surface area contributed by atoms with Gasteiger partial charge in [-0.15, -0.1) is 0 Å². The van der Waals surface area contributed by atoms with Crippen molar-refractivity contribution >= 4 is 18.1 Å². The minimum atomic E-state index is -1.05. The first kappa shape index (κ1) is 12.0. The topological polar surface area (TPSA) is 60.9 Å². The third kappa shape index (κ3) is 2.98. The maximum atomic E-state index is 10.7. The Balaban J connectivity index is 2.82. The minimum absolute atomic E-state index is 0.353. The molecule has 0 aromatic heterocycles. The lowest BCUT2D eigenvalue weighted by Gasteiger charge is -2.28. The van der Waals surface area contributed by atoms with Crippen molar-refractivity contribution in [1.29, 1.82) is 0 Å². The van der Waals surface area contributed by atoms with E-state index in [-0.39, 0.29) is 6.54 Å². The second-order valence-corrected chi connectivity index (χ2v) is 3.46. The van der Waals surface area contributed by atoms with Gasteiger partial charge in [0.05, 0.1) is 5.69 Å². The number of carbonyl (C=O) groups is 2. The summed E-state index contributed by atoms with van der Waals surface area (Å²) in [6.45, 7) is 1.60. The summed E-state index contributed by atoms with van der Waals surface area (Å²) in [5, 5.41) is 11.2. The van der Waals surface area contributed by atoms with Crippen LogP contribution in [0.25, 0.3) is 0 Å². The van der Waals surface area contributed by atoms with Crippen molar-refractivity contribution in [3.8, 4) is 0 Å². The van der Waals surface area contributed by atoms with Crippen LogP contribution in [0, 0.1) is 6.92 Å². The number of benzene rings is 1. The van der Waals surface area contributed by atoms with Crippen LogP contribution in [-0.4, -0.2) is 36.1 Å². The minimum Gasteiger partial charge on any atom is -0.480 e. The van der Waals surface area contributed by atoms with E-state index in [9.17, 15) is 9.59 Å². The summed E-state index contributed by atoms with van der Waals surface area (Å²) in [5.74, 6) is -1.05. The van der Waals surface area contributed by atoms with Crippen LogP contribution in [0.2, 0.25) is 0 Å². The van der Waals surface area contributed by atoms with Gasteiger partial charge in [-0.3, -0.25) is 14.6 Å². The molecule has 86 valence electrons. The summed E-state index contributed by atoms with van der Waals surface area (Å²) in [4.78, 5) is 21.3. The SMILES string of the molecule is Cc1ccc(N(C)N(C=O)CC(=O)O)cc1. The molecule has 0 bridgehead atoms. The molecule has 5 heteroatoms. The highest BCUT2D eigenvalue weighted by Crippen LogP contribution is 2.14. The number of rotatable bonds is 5. The first-order valence-corrected chi connectivity index (χ1v) is 4.78. The van der Waals surface area contributed by atoms with Gasteiger partial charge in [0.1, 0.15) is 6.54 Å². The lowest BCUT2D eigenvalue weighted by Crippen LogP contribution is -2.42. The third-order valence-electron chi connectivity index (χ3n) is 2.21. The lowest BCUT2D eigenvalue weighted by molar-refractivity contribution is -0.141. The van der Waals surface area contributed by atoms with Crippen molar-refractivity contribution in [3.05, 3.63) is 29.8 Å². The largest absolute Gasteiger partial charge is 0.480 e. The maximum Gasteiger partial charge on any atom is 0.325 e. The molecule has 1 aromatic rings. The number of hydrogen-bond donors (Lipinski definition) is 1. The van der Waals surface area contributed by atoms with Crippen LogP contribution in [0.15, 0.2) is 24.3 Å². The Hall–Kier alpha value is -2.04. The van der Waals surface area contributed by atoms with Gasteiger partial charge in [-0.05, 0) is 19.1 Å². The van der Waals surface area contributed by atoms with E-state index < -0.39 is 5.97 Å². The van der Waals surface area contributed by atoms with Crippen LogP contribution >= 0.6 is 0 Å². The van der Waals surface area contributed by atoms with E-state index in [2.05, 4.69) is 0 Å². The monoisotopic (exact) mass is 222 g/mol. The van der Waals surface area contributed by atoms with E-state index in [4.69, 9.17) is 5.11 Å². The number of hydrogen-bond acceptors (Lipinski definition) is 3. The first-order valence-electron chi connectivity index (χ1n) is 4.78. The highest BCUT2D eigenvalue weighted by atomic mass is 16.4. The molecule has 5 nitrogen and oxygen atoms in total. The molecule has 0 heterocycles. The zero-order valence-electron chi connectivity index (χ0n) is 9.25. The Bertz CT molecular complexity index is 375. The molecule has 0 unspecified atom stereocenters. The summed E-state index contributed by atoms with van der Waals surface area (Å²) in [5.41, 5.74) is 1.87. The van der Waals surface area contributed by atoms with Crippen LogP contribution < -0.4 is 5.01 Å². The second-order valence-electron chi connectivity index (χ2n) is 3.46. The predicted molar refractivity (Wildman–Crippen MR) is 60.0 cm³/mol. The molecule has 0 aliphatic heterocycles. The normalized spacial score (nSPS) is 9.62. The smallest absolute Gasteiger partial charge is 0.325 e. The number of carbonyl (C=O) groups excluding carboxylic acids is 1.